The highest BCUT2D eigenvalue weighted by Gasteiger charge is 2.33. The van der Waals surface area contributed by atoms with Crippen molar-refractivity contribution in [1.82, 2.24) is 9.88 Å². The van der Waals surface area contributed by atoms with Crippen LogP contribution in [0.15, 0.2) is 36.4 Å². The first-order valence-electron chi connectivity index (χ1n) is 12.2. The molecule has 0 amide bonds. The van der Waals surface area contributed by atoms with E-state index in [-0.39, 0.29) is 6.10 Å². The van der Waals surface area contributed by atoms with Crippen LogP contribution in [0.5, 0.6) is 5.75 Å². The van der Waals surface area contributed by atoms with Gasteiger partial charge < -0.3 is 19.9 Å². The number of likely N-dealkylation sites (tertiary alicyclic amines) is 1. The van der Waals surface area contributed by atoms with E-state index in [1.165, 1.54) is 12.0 Å². The van der Waals surface area contributed by atoms with Crippen molar-refractivity contribution in [3.05, 3.63) is 53.2 Å². The van der Waals surface area contributed by atoms with Crippen LogP contribution in [-0.4, -0.2) is 59.9 Å². The average Bonchev–Trinajstić information content (AvgIpc) is 3.28. The number of aryl methyl sites for hydroxylation is 2. The number of benzene rings is 1. The fourth-order valence-electron chi connectivity index (χ4n) is 4.71. The largest absolute Gasteiger partial charge is 0.494 e. The Morgan fingerprint density at radius 2 is 2.09 bits per heavy atom. The summed E-state index contributed by atoms with van der Waals surface area (Å²) in [5.41, 5.74) is 3.23. The second kappa shape index (κ2) is 11.5. The van der Waals surface area contributed by atoms with Crippen LogP contribution < -0.4 is 10.1 Å². The minimum atomic E-state index is -0.827. The summed E-state index contributed by atoms with van der Waals surface area (Å²) in [6, 6.07) is 11.1. The molecule has 1 aromatic heterocycles. The second-order valence-electron chi connectivity index (χ2n) is 8.82. The molecule has 2 aliphatic heterocycles. The van der Waals surface area contributed by atoms with E-state index >= 15 is 0 Å². The van der Waals surface area contributed by atoms with Crippen LogP contribution >= 0.6 is 0 Å². The van der Waals surface area contributed by atoms with Crippen molar-refractivity contribution in [3.63, 3.8) is 0 Å². The molecule has 0 saturated carbocycles. The first kappa shape index (κ1) is 23.5. The number of hydrogen-bond acceptors (Lipinski definition) is 6. The molecule has 7 nitrogen and oxygen atoms in total. The lowest BCUT2D eigenvalue weighted by atomic mass is 10.1. The van der Waals surface area contributed by atoms with Crippen LogP contribution in [0, 0.1) is 0 Å². The minimum absolute atomic E-state index is 0.0839. The molecule has 2 atom stereocenters. The van der Waals surface area contributed by atoms with Gasteiger partial charge in [-0.25, -0.2) is 4.98 Å². The molecule has 1 saturated heterocycles. The normalized spacial score (nSPS) is 19.0. The van der Waals surface area contributed by atoms with Gasteiger partial charge in [-0.15, -0.1) is 0 Å². The molecule has 4 rings (SSSR count). The number of aromatic nitrogens is 1. The number of carboxylic acid groups (broad SMARTS) is 1. The second-order valence-corrected chi connectivity index (χ2v) is 8.82. The summed E-state index contributed by atoms with van der Waals surface area (Å²) in [4.78, 5) is 18.8. The maximum absolute atomic E-state index is 12.0. The lowest BCUT2D eigenvalue weighted by Gasteiger charge is -2.24. The van der Waals surface area contributed by atoms with Gasteiger partial charge in [0.05, 0.1) is 12.7 Å². The summed E-state index contributed by atoms with van der Waals surface area (Å²) >= 11 is 0. The monoisotopic (exact) mass is 453 g/mol. The minimum Gasteiger partial charge on any atom is -0.494 e. The number of pyridine rings is 1. The zero-order chi connectivity index (χ0) is 23.0. The summed E-state index contributed by atoms with van der Waals surface area (Å²) in [7, 11) is 0. The van der Waals surface area contributed by atoms with Gasteiger partial charge >= 0.3 is 5.97 Å². The van der Waals surface area contributed by atoms with Gasteiger partial charge in [-0.3, -0.25) is 9.69 Å². The van der Waals surface area contributed by atoms with E-state index in [1.54, 1.807) is 0 Å². The maximum Gasteiger partial charge on any atom is 0.325 e. The van der Waals surface area contributed by atoms with Gasteiger partial charge in [-0.2, -0.15) is 0 Å². The SMILES string of the molecule is CCOc1ccc([C@H](C(=O)O)N2CC[C@@H](OCCCCc3ccc4c(n3)NCCC4)C2)cc1. The number of unbranched alkanes of at least 4 members (excludes halogenated alkanes) is 1. The van der Waals surface area contributed by atoms with Gasteiger partial charge in [-0.05, 0) is 74.8 Å². The van der Waals surface area contributed by atoms with E-state index in [0.29, 0.717) is 19.8 Å². The highest BCUT2D eigenvalue weighted by molar-refractivity contribution is 5.75. The number of ether oxygens (including phenoxy) is 2. The Balaban J connectivity index is 1.20. The number of aliphatic carboxylic acids is 1. The number of carbonyl (C=O) groups is 1. The van der Waals surface area contributed by atoms with Crippen LogP contribution in [0.25, 0.3) is 0 Å². The van der Waals surface area contributed by atoms with Crippen LogP contribution in [-0.2, 0) is 22.4 Å². The molecule has 1 fully saturated rings. The summed E-state index contributed by atoms with van der Waals surface area (Å²) < 4.78 is 11.6. The standard InChI is InChI=1S/C26H35N3O4/c1-2-32-22-12-9-19(10-13-22)24(26(30)31)29-16-14-23(18-29)33-17-4-3-7-21-11-8-20-6-5-15-27-25(20)28-21/h8-13,23-24H,2-7,14-18H2,1H3,(H,27,28)(H,30,31)/t23-,24-/m1/s1. The van der Waals surface area contributed by atoms with Gasteiger partial charge in [0.15, 0.2) is 0 Å². The highest BCUT2D eigenvalue weighted by atomic mass is 16.5. The Hall–Kier alpha value is -2.64. The molecule has 2 aliphatic rings. The van der Waals surface area contributed by atoms with Gasteiger partial charge in [0.2, 0.25) is 0 Å². The Kier molecular flexibility index (Phi) is 8.18. The third-order valence-electron chi connectivity index (χ3n) is 6.41. The number of hydrogen-bond donors (Lipinski definition) is 2. The van der Waals surface area contributed by atoms with Crippen molar-refractivity contribution in [2.75, 3.05) is 38.2 Å². The molecule has 178 valence electrons. The van der Waals surface area contributed by atoms with E-state index in [2.05, 4.69) is 17.4 Å². The Morgan fingerprint density at radius 1 is 1.24 bits per heavy atom. The lowest BCUT2D eigenvalue weighted by Crippen LogP contribution is -2.33. The molecule has 33 heavy (non-hydrogen) atoms. The third-order valence-corrected chi connectivity index (χ3v) is 6.41. The van der Waals surface area contributed by atoms with E-state index in [1.807, 2.05) is 36.1 Å². The van der Waals surface area contributed by atoms with E-state index < -0.39 is 12.0 Å². The molecule has 0 bridgehead atoms. The number of rotatable bonds is 11. The van der Waals surface area contributed by atoms with Crippen molar-refractivity contribution in [1.29, 1.82) is 0 Å². The number of nitrogens with zero attached hydrogens (tertiary/aromatic N) is 2. The zero-order valence-electron chi connectivity index (χ0n) is 19.5. The van der Waals surface area contributed by atoms with E-state index in [0.717, 1.165) is 68.0 Å². The maximum atomic E-state index is 12.0. The summed E-state index contributed by atoms with van der Waals surface area (Å²) in [5.74, 6) is 0.989. The first-order chi connectivity index (χ1) is 16.1. The number of fused-ring (bicyclic) bond motifs is 1. The number of anilines is 1. The molecule has 0 unspecified atom stereocenters. The van der Waals surface area contributed by atoms with Gasteiger partial charge in [0.25, 0.3) is 0 Å². The Labute approximate surface area is 196 Å². The first-order valence-corrected chi connectivity index (χ1v) is 12.2. The summed E-state index contributed by atoms with van der Waals surface area (Å²) in [5, 5.41) is 13.2. The Bertz CT molecular complexity index is 918. The predicted molar refractivity (Wildman–Crippen MR) is 128 cm³/mol. The van der Waals surface area contributed by atoms with Crippen molar-refractivity contribution >= 4 is 11.8 Å². The number of nitrogens with one attached hydrogen (secondary N) is 1. The lowest BCUT2D eigenvalue weighted by molar-refractivity contribution is -0.143. The number of carboxylic acids is 1. The van der Waals surface area contributed by atoms with Gasteiger partial charge in [0.1, 0.15) is 17.6 Å². The smallest absolute Gasteiger partial charge is 0.325 e. The quantitative estimate of drug-likeness (QED) is 0.496. The van der Waals surface area contributed by atoms with Crippen molar-refractivity contribution in [2.24, 2.45) is 0 Å². The van der Waals surface area contributed by atoms with Crippen LogP contribution in [0.3, 0.4) is 0 Å². The van der Waals surface area contributed by atoms with Gasteiger partial charge in [-0.1, -0.05) is 18.2 Å². The van der Waals surface area contributed by atoms with Crippen molar-refractivity contribution in [2.45, 2.75) is 57.6 Å². The Morgan fingerprint density at radius 3 is 2.88 bits per heavy atom. The molecule has 0 aliphatic carbocycles. The van der Waals surface area contributed by atoms with Gasteiger partial charge in [0, 0.05) is 31.9 Å². The third kappa shape index (κ3) is 6.24. The predicted octanol–water partition coefficient (Wildman–Crippen LogP) is 4.08. The molecular formula is C26H35N3O4. The molecule has 7 heteroatoms. The summed E-state index contributed by atoms with van der Waals surface area (Å²) in [6.07, 6.45) is 6.20. The zero-order valence-corrected chi connectivity index (χ0v) is 19.5. The molecule has 2 N–H and O–H groups in total. The van der Waals surface area contributed by atoms with Crippen LogP contribution in [0.4, 0.5) is 5.82 Å². The van der Waals surface area contributed by atoms with Crippen LogP contribution in [0.1, 0.15) is 55.5 Å². The molecule has 3 heterocycles. The molecule has 0 spiro atoms. The van der Waals surface area contributed by atoms with E-state index in [4.69, 9.17) is 14.5 Å². The molecule has 2 aromatic rings. The van der Waals surface area contributed by atoms with Crippen molar-refractivity contribution in [3.8, 4) is 5.75 Å². The van der Waals surface area contributed by atoms with Crippen molar-refractivity contribution < 1.29 is 19.4 Å². The highest BCUT2D eigenvalue weighted by Crippen LogP contribution is 2.28. The average molecular weight is 454 g/mol. The fourth-order valence-corrected chi connectivity index (χ4v) is 4.71. The molecule has 1 aromatic carbocycles. The fraction of sp³-hybridized carbons (Fsp3) is 0.538. The van der Waals surface area contributed by atoms with Crippen LogP contribution in [0.2, 0.25) is 0 Å². The topological polar surface area (TPSA) is 83.9 Å². The molecule has 0 radical (unpaired) electrons. The summed E-state index contributed by atoms with van der Waals surface area (Å²) in [6.45, 7) is 5.59. The molecular weight excluding hydrogens is 418 g/mol. The van der Waals surface area contributed by atoms with E-state index in [9.17, 15) is 9.90 Å².